The molecule has 2 unspecified atom stereocenters. The molecule has 1 fully saturated rings. The van der Waals surface area contributed by atoms with Crippen molar-refractivity contribution in [3.8, 4) is 5.75 Å². The van der Waals surface area contributed by atoms with Crippen LogP contribution in [-0.2, 0) is 6.42 Å². The van der Waals surface area contributed by atoms with Gasteiger partial charge in [-0.2, -0.15) is 0 Å². The minimum Gasteiger partial charge on any atom is -0.493 e. The van der Waals surface area contributed by atoms with Crippen LogP contribution in [0.4, 0.5) is 0 Å². The molecule has 3 nitrogen and oxygen atoms in total. The average Bonchev–Trinajstić information content (AvgIpc) is 2.94. The largest absolute Gasteiger partial charge is 0.493 e. The van der Waals surface area contributed by atoms with E-state index in [4.69, 9.17) is 16.3 Å². The van der Waals surface area contributed by atoms with E-state index in [9.17, 15) is 4.79 Å². The molecular formula is C17H22ClNO2. The molecule has 4 heteroatoms. The van der Waals surface area contributed by atoms with Crippen LogP contribution in [0.3, 0.4) is 0 Å². The quantitative estimate of drug-likeness (QED) is 0.867. The molecule has 1 aliphatic heterocycles. The molecule has 0 bridgehead atoms. The van der Waals surface area contributed by atoms with E-state index in [-0.39, 0.29) is 11.4 Å². The van der Waals surface area contributed by atoms with Crippen molar-refractivity contribution in [2.24, 2.45) is 5.92 Å². The molecule has 2 atom stereocenters. The van der Waals surface area contributed by atoms with Crippen molar-refractivity contribution < 1.29 is 9.53 Å². The Kier molecular flexibility index (Phi) is 4.12. The normalized spacial score (nSPS) is 27.8. The van der Waals surface area contributed by atoms with Crippen molar-refractivity contribution >= 4 is 17.5 Å². The van der Waals surface area contributed by atoms with Crippen LogP contribution in [0.2, 0.25) is 0 Å². The van der Waals surface area contributed by atoms with E-state index in [0.29, 0.717) is 24.0 Å². The molecule has 0 saturated heterocycles. The van der Waals surface area contributed by atoms with Gasteiger partial charge in [-0.05, 0) is 42.5 Å². The summed E-state index contributed by atoms with van der Waals surface area (Å²) < 4.78 is 5.49. The second kappa shape index (κ2) is 5.88. The summed E-state index contributed by atoms with van der Waals surface area (Å²) >= 11 is 6.19. The number of carbonyl (C=O) groups excluding carboxylic acids is 1. The highest BCUT2D eigenvalue weighted by molar-refractivity contribution is 6.19. The van der Waals surface area contributed by atoms with Gasteiger partial charge in [-0.15, -0.1) is 11.6 Å². The summed E-state index contributed by atoms with van der Waals surface area (Å²) in [6, 6.07) is 5.69. The van der Waals surface area contributed by atoms with Crippen molar-refractivity contribution in [2.75, 3.05) is 12.5 Å². The first kappa shape index (κ1) is 14.7. The molecule has 1 saturated carbocycles. The number of amides is 1. The first-order valence-electron chi connectivity index (χ1n) is 7.76. The number of rotatable bonds is 3. The van der Waals surface area contributed by atoms with E-state index in [1.54, 1.807) is 0 Å². The minimum atomic E-state index is -0.244. The fraction of sp³-hybridized carbons (Fsp3) is 0.588. The van der Waals surface area contributed by atoms with Gasteiger partial charge in [-0.1, -0.05) is 19.8 Å². The lowest BCUT2D eigenvalue weighted by Crippen LogP contribution is -2.52. The van der Waals surface area contributed by atoms with E-state index < -0.39 is 0 Å². The van der Waals surface area contributed by atoms with Crippen LogP contribution >= 0.6 is 11.6 Å². The lowest BCUT2D eigenvalue weighted by molar-refractivity contribution is 0.0867. The fourth-order valence-electron chi connectivity index (χ4n) is 3.57. The third kappa shape index (κ3) is 3.03. The van der Waals surface area contributed by atoms with E-state index in [1.165, 1.54) is 6.42 Å². The Morgan fingerprint density at radius 1 is 1.52 bits per heavy atom. The molecule has 21 heavy (non-hydrogen) atoms. The Morgan fingerprint density at radius 2 is 2.38 bits per heavy atom. The molecule has 1 aliphatic carbocycles. The monoisotopic (exact) mass is 307 g/mol. The van der Waals surface area contributed by atoms with Gasteiger partial charge in [0.1, 0.15) is 5.75 Å². The van der Waals surface area contributed by atoms with Gasteiger partial charge in [0, 0.05) is 17.9 Å². The molecule has 0 spiro atoms. The number of ether oxygens (including phenoxy) is 1. The number of alkyl halides is 1. The second-order valence-electron chi connectivity index (χ2n) is 6.49. The van der Waals surface area contributed by atoms with Crippen LogP contribution in [0.15, 0.2) is 18.2 Å². The predicted octanol–water partition coefficient (Wildman–Crippen LogP) is 3.54. The average molecular weight is 308 g/mol. The molecule has 0 radical (unpaired) electrons. The number of hydrogen-bond acceptors (Lipinski definition) is 2. The SMILES string of the molecule is CC1CCCC(CCl)(NC(=O)c2ccc3c(c2)CCO3)C1. The van der Waals surface area contributed by atoms with Crippen molar-refractivity contribution in [1.29, 1.82) is 0 Å². The Balaban J connectivity index is 1.75. The van der Waals surface area contributed by atoms with Gasteiger partial charge in [0.25, 0.3) is 5.91 Å². The van der Waals surface area contributed by atoms with Crippen LogP contribution in [0.5, 0.6) is 5.75 Å². The van der Waals surface area contributed by atoms with Crippen LogP contribution in [-0.4, -0.2) is 23.9 Å². The van der Waals surface area contributed by atoms with E-state index in [2.05, 4.69) is 12.2 Å². The summed E-state index contributed by atoms with van der Waals surface area (Å²) in [6.45, 7) is 2.95. The zero-order chi connectivity index (χ0) is 14.9. The van der Waals surface area contributed by atoms with E-state index >= 15 is 0 Å². The van der Waals surface area contributed by atoms with E-state index in [1.807, 2.05) is 18.2 Å². The van der Waals surface area contributed by atoms with Gasteiger partial charge in [0.05, 0.1) is 12.1 Å². The van der Waals surface area contributed by atoms with Crippen molar-refractivity contribution in [1.82, 2.24) is 5.32 Å². The highest BCUT2D eigenvalue weighted by Crippen LogP contribution is 2.34. The molecule has 1 aromatic rings. The summed E-state index contributed by atoms with van der Waals surface area (Å²) in [6.07, 6.45) is 5.18. The Hall–Kier alpha value is -1.22. The second-order valence-corrected chi connectivity index (χ2v) is 6.76. The zero-order valence-corrected chi connectivity index (χ0v) is 13.2. The first-order valence-corrected chi connectivity index (χ1v) is 8.29. The lowest BCUT2D eigenvalue weighted by Gasteiger charge is -2.39. The number of benzene rings is 1. The van der Waals surface area contributed by atoms with Crippen LogP contribution in [0.1, 0.15) is 48.5 Å². The van der Waals surface area contributed by atoms with Crippen LogP contribution in [0, 0.1) is 5.92 Å². The van der Waals surface area contributed by atoms with Gasteiger partial charge in [-0.25, -0.2) is 0 Å². The minimum absolute atomic E-state index is 0.0144. The lowest BCUT2D eigenvalue weighted by atomic mass is 9.77. The molecule has 2 aliphatic rings. The number of fused-ring (bicyclic) bond motifs is 1. The molecule has 0 aromatic heterocycles. The number of nitrogens with one attached hydrogen (secondary N) is 1. The van der Waals surface area contributed by atoms with Gasteiger partial charge in [0.2, 0.25) is 0 Å². The maximum Gasteiger partial charge on any atom is 0.251 e. The molecule has 114 valence electrons. The fourth-order valence-corrected chi connectivity index (χ4v) is 3.88. The summed E-state index contributed by atoms with van der Waals surface area (Å²) in [4.78, 5) is 12.6. The molecular weight excluding hydrogens is 286 g/mol. The highest BCUT2D eigenvalue weighted by atomic mass is 35.5. The molecule has 1 N–H and O–H groups in total. The smallest absolute Gasteiger partial charge is 0.251 e. The topological polar surface area (TPSA) is 38.3 Å². The van der Waals surface area contributed by atoms with Gasteiger partial charge < -0.3 is 10.1 Å². The predicted molar refractivity (Wildman–Crippen MR) is 84.2 cm³/mol. The first-order chi connectivity index (χ1) is 10.1. The summed E-state index contributed by atoms with van der Waals surface area (Å²) in [5, 5.41) is 3.21. The number of halogens is 1. The van der Waals surface area contributed by atoms with Gasteiger partial charge in [-0.3, -0.25) is 4.79 Å². The molecule has 1 heterocycles. The number of hydrogen-bond donors (Lipinski definition) is 1. The zero-order valence-electron chi connectivity index (χ0n) is 12.5. The maximum atomic E-state index is 12.6. The van der Waals surface area contributed by atoms with E-state index in [0.717, 1.165) is 37.0 Å². The molecule has 1 aromatic carbocycles. The number of carbonyl (C=O) groups is 1. The standard InChI is InChI=1S/C17H22ClNO2/c1-12-3-2-7-17(10-12,11-18)19-16(20)14-4-5-15-13(9-14)6-8-21-15/h4-5,9,12H,2-3,6-8,10-11H2,1H3,(H,19,20). The third-order valence-electron chi connectivity index (χ3n) is 4.68. The Morgan fingerprint density at radius 3 is 3.14 bits per heavy atom. The summed E-state index contributed by atoms with van der Waals surface area (Å²) in [5.41, 5.74) is 1.59. The Labute approximate surface area is 131 Å². The van der Waals surface area contributed by atoms with Crippen molar-refractivity contribution in [3.05, 3.63) is 29.3 Å². The highest BCUT2D eigenvalue weighted by Gasteiger charge is 2.35. The van der Waals surface area contributed by atoms with Crippen LogP contribution in [0.25, 0.3) is 0 Å². The summed E-state index contributed by atoms with van der Waals surface area (Å²) in [5.74, 6) is 1.99. The van der Waals surface area contributed by atoms with Crippen molar-refractivity contribution in [3.63, 3.8) is 0 Å². The maximum absolute atomic E-state index is 12.6. The molecule has 3 rings (SSSR count). The van der Waals surface area contributed by atoms with Crippen molar-refractivity contribution in [2.45, 2.75) is 44.6 Å². The van der Waals surface area contributed by atoms with Gasteiger partial charge >= 0.3 is 0 Å². The third-order valence-corrected chi connectivity index (χ3v) is 5.19. The Bertz CT molecular complexity index is 546. The van der Waals surface area contributed by atoms with Crippen LogP contribution < -0.4 is 10.1 Å². The molecule has 1 amide bonds. The van der Waals surface area contributed by atoms with Gasteiger partial charge in [0.15, 0.2) is 0 Å². The summed E-state index contributed by atoms with van der Waals surface area (Å²) in [7, 11) is 0.